The predicted molar refractivity (Wildman–Crippen MR) is 52.3 cm³/mol. The van der Waals surface area contributed by atoms with E-state index in [1.54, 1.807) is 6.92 Å². The number of aliphatic carboxylic acids is 1. The summed E-state index contributed by atoms with van der Waals surface area (Å²) in [5.74, 6) is -1.56. The van der Waals surface area contributed by atoms with Gasteiger partial charge in [-0.2, -0.15) is 0 Å². The maximum Gasteiger partial charge on any atom is 0.321 e. The molecule has 0 bridgehead atoms. The third-order valence-corrected chi connectivity index (χ3v) is 1.41. The van der Waals surface area contributed by atoms with Crippen molar-refractivity contribution in [1.29, 1.82) is 0 Å². The molecule has 3 N–H and O–H groups in total. The highest BCUT2D eigenvalue weighted by atomic mass is 16.4. The molecule has 0 heterocycles. The molecule has 0 atom stereocenters. The van der Waals surface area contributed by atoms with Gasteiger partial charge in [0.25, 0.3) is 0 Å². The van der Waals surface area contributed by atoms with Crippen LogP contribution in [0.4, 0.5) is 4.79 Å². The fourth-order valence-corrected chi connectivity index (χ4v) is 0.903. The second-order valence-electron chi connectivity index (χ2n) is 2.97. The zero-order valence-corrected chi connectivity index (χ0v) is 8.74. The highest BCUT2D eigenvalue weighted by Crippen LogP contribution is 1.81. The number of nitrogens with zero attached hydrogens (tertiary/aromatic N) is 1. The van der Waals surface area contributed by atoms with E-state index in [1.165, 1.54) is 11.9 Å². The lowest BCUT2D eigenvalue weighted by molar-refractivity contribution is -0.138. The first-order chi connectivity index (χ1) is 6.95. The van der Waals surface area contributed by atoms with Gasteiger partial charge in [0.05, 0.1) is 13.1 Å². The third-order valence-electron chi connectivity index (χ3n) is 1.41. The fraction of sp³-hybridized carbons (Fsp3) is 0.625. The Hall–Kier alpha value is -1.63. The molecule has 0 aliphatic heterocycles. The molecule has 0 aliphatic rings. The minimum Gasteiger partial charge on any atom is -0.480 e. The van der Waals surface area contributed by atoms with Crippen molar-refractivity contribution in [2.24, 2.45) is 0 Å². The molecule has 0 unspecified atom stereocenters. The molecule has 0 radical (unpaired) electrons. The number of likely N-dealkylation sites (N-methyl/N-ethyl adjacent to an activating group) is 1. The third kappa shape index (κ3) is 7.44. The Morgan fingerprint density at radius 3 is 2.33 bits per heavy atom. The van der Waals surface area contributed by atoms with E-state index in [2.05, 4.69) is 10.6 Å². The number of hydrogen-bond acceptors (Lipinski definition) is 4. The minimum absolute atomic E-state index is 0.135. The van der Waals surface area contributed by atoms with Crippen LogP contribution >= 0.6 is 0 Å². The predicted octanol–water partition coefficient (Wildman–Crippen LogP) is -1.15. The fourth-order valence-electron chi connectivity index (χ4n) is 0.903. The largest absolute Gasteiger partial charge is 0.480 e. The summed E-state index contributed by atoms with van der Waals surface area (Å²) in [4.78, 5) is 33.5. The van der Waals surface area contributed by atoms with Gasteiger partial charge in [0.1, 0.15) is 0 Å². The molecule has 0 spiro atoms. The molecule has 7 heteroatoms. The zero-order chi connectivity index (χ0) is 11.8. The SMILES string of the molecule is CCNC(=O)NC(=O)CN(C)CC(=O)O. The Bertz CT molecular complexity index is 254. The molecule has 0 saturated carbocycles. The van der Waals surface area contributed by atoms with Crippen molar-refractivity contribution in [3.8, 4) is 0 Å². The van der Waals surface area contributed by atoms with E-state index in [4.69, 9.17) is 5.11 Å². The number of urea groups is 1. The van der Waals surface area contributed by atoms with Crippen molar-refractivity contribution in [3.05, 3.63) is 0 Å². The lowest BCUT2D eigenvalue weighted by Crippen LogP contribution is -2.44. The summed E-state index contributed by atoms with van der Waals surface area (Å²) < 4.78 is 0. The molecule has 7 nitrogen and oxygen atoms in total. The van der Waals surface area contributed by atoms with Crippen molar-refractivity contribution in [2.45, 2.75) is 6.92 Å². The number of carboxylic acids is 1. The molecule has 0 saturated heterocycles. The van der Waals surface area contributed by atoms with E-state index >= 15 is 0 Å². The molecule has 0 rings (SSSR count). The number of amides is 3. The van der Waals surface area contributed by atoms with Crippen LogP contribution in [-0.2, 0) is 9.59 Å². The van der Waals surface area contributed by atoms with E-state index < -0.39 is 17.9 Å². The van der Waals surface area contributed by atoms with Gasteiger partial charge in [-0.05, 0) is 14.0 Å². The van der Waals surface area contributed by atoms with Gasteiger partial charge in [0, 0.05) is 6.54 Å². The highest BCUT2D eigenvalue weighted by Gasteiger charge is 2.11. The van der Waals surface area contributed by atoms with Crippen molar-refractivity contribution < 1.29 is 19.5 Å². The van der Waals surface area contributed by atoms with Crippen LogP contribution < -0.4 is 10.6 Å². The number of hydrogen-bond donors (Lipinski definition) is 3. The number of rotatable bonds is 5. The summed E-state index contributed by atoms with van der Waals surface area (Å²) in [6.45, 7) is 1.76. The Balaban J connectivity index is 3.82. The van der Waals surface area contributed by atoms with Gasteiger partial charge in [-0.15, -0.1) is 0 Å². The maximum atomic E-state index is 11.1. The van der Waals surface area contributed by atoms with Crippen LogP contribution in [0.25, 0.3) is 0 Å². The molecular formula is C8H15N3O4. The molecule has 0 aliphatic carbocycles. The van der Waals surface area contributed by atoms with Gasteiger partial charge in [-0.1, -0.05) is 0 Å². The van der Waals surface area contributed by atoms with Gasteiger partial charge in [-0.3, -0.25) is 19.8 Å². The number of carbonyl (C=O) groups is 3. The van der Waals surface area contributed by atoms with Crippen molar-refractivity contribution in [3.63, 3.8) is 0 Å². The number of imide groups is 1. The van der Waals surface area contributed by atoms with Crippen LogP contribution in [0.15, 0.2) is 0 Å². The average molecular weight is 217 g/mol. The maximum absolute atomic E-state index is 11.1. The first-order valence-corrected chi connectivity index (χ1v) is 4.43. The van der Waals surface area contributed by atoms with E-state index in [1.807, 2.05) is 0 Å². The first-order valence-electron chi connectivity index (χ1n) is 4.43. The molecule has 86 valence electrons. The first kappa shape index (κ1) is 13.4. The molecule has 0 aromatic heterocycles. The van der Waals surface area contributed by atoms with Crippen LogP contribution in [0.5, 0.6) is 0 Å². The summed E-state index contributed by atoms with van der Waals surface area (Å²) >= 11 is 0. The van der Waals surface area contributed by atoms with Crippen LogP contribution in [0, 0.1) is 0 Å². The van der Waals surface area contributed by atoms with Gasteiger partial charge in [0.2, 0.25) is 5.91 Å². The van der Waals surface area contributed by atoms with Crippen molar-refractivity contribution in [2.75, 3.05) is 26.7 Å². The monoisotopic (exact) mass is 217 g/mol. The molecule has 0 fully saturated rings. The van der Waals surface area contributed by atoms with Gasteiger partial charge >= 0.3 is 12.0 Å². The number of nitrogens with one attached hydrogen (secondary N) is 2. The Kier molecular flexibility index (Phi) is 6.03. The summed E-state index contributed by atoms with van der Waals surface area (Å²) in [5, 5.41) is 12.9. The smallest absolute Gasteiger partial charge is 0.321 e. The van der Waals surface area contributed by atoms with Crippen LogP contribution in [0.1, 0.15) is 6.92 Å². The van der Waals surface area contributed by atoms with Gasteiger partial charge in [0.15, 0.2) is 0 Å². The minimum atomic E-state index is -1.02. The Morgan fingerprint density at radius 2 is 1.87 bits per heavy atom. The summed E-state index contributed by atoms with van der Waals surface area (Å²) in [5.41, 5.74) is 0. The standard InChI is InChI=1S/C8H15N3O4/c1-3-9-8(15)10-6(12)4-11(2)5-7(13)14/h3-5H2,1-2H3,(H,13,14)(H2,9,10,12,15). The topological polar surface area (TPSA) is 98.7 Å². The van der Waals surface area contributed by atoms with Crippen molar-refractivity contribution in [1.82, 2.24) is 15.5 Å². The quantitative estimate of drug-likeness (QED) is 0.540. The van der Waals surface area contributed by atoms with E-state index in [0.717, 1.165) is 0 Å². The van der Waals surface area contributed by atoms with E-state index in [-0.39, 0.29) is 13.1 Å². The molecular weight excluding hydrogens is 202 g/mol. The lowest BCUT2D eigenvalue weighted by atomic mass is 10.5. The van der Waals surface area contributed by atoms with Gasteiger partial charge < -0.3 is 10.4 Å². The highest BCUT2D eigenvalue weighted by molar-refractivity contribution is 5.95. The van der Waals surface area contributed by atoms with E-state index in [9.17, 15) is 14.4 Å². The second kappa shape index (κ2) is 6.77. The van der Waals surface area contributed by atoms with Crippen LogP contribution in [0.2, 0.25) is 0 Å². The van der Waals surface area contributed by atoms with E-state index in [0.29, 0.717) is 6.54 Å². The Morgan fingerprint density at radius 1 is 1.27 bits per heavy atom. The number of carboxylic acid groups (broad SMARTS) is 1. The molecule has 3 amide bonds. The molecule has 0 aromatic carbocycles. The molecule has 0 aromatic rings. The summed E-state index contributed by atoms with van der Waals surface area (Å²) in [6.07, 6.45) is 0. The van der Waals surface area contributed by atoms with Crippen LogP contribution in [0.3, 0.4) is 0 Å². The number of carbonyl (C=O) groups excluding carboxylic acids is 2. The lowest BCUT2D eigenvalue weighted by Gasteiger charge is -2.12. The van der Waals surface area contributed by atoms with Crippen LogP contribution in [-0.4, -0.2) is 54.6 Å². The zero-order valence-electron chi connectivity index (χ0n) is 8.74. The molecule has 15 heavy (non-hydrogen) atoms. The average Bonchev–Trinajstić information content (AvgIpc) is 2.00. The normalized spacial score (nSPS) is 9.80. The summed E-state index contributed by atoms with van der Waals surface area (Å²) in [6, 6.07) is -0.578. The Labute approximate surface area is 87.4 Å². The second-order valence-corrected chi connectivity index (χ2v) is 2.97. The van der Waals surface area contributed by atoms with Gasteiger partial charge in [-0.25, -0.2) is 4.79 Å². The summed E-state index contributed by atoms with van der Waals surface area (Å²) in [7, 11) is 1.48. The van der Waals surface area contributed by atoms with Crippen molar-refractivity contribution >= 4 is 17.9 Å².